The first-order valence-corrected chi connectivity index (χ1v) is 13.0. The van der Waals surface area contributed by atoms with Crippen molar-refractivity contribution in [2.45, 2.75) is 52.1 Å². The highest BCUT2D eigenvalue weighted by Gasteiger charge is 2.23. The average Bonchev–Trinajstić information content (AvgIpc) is 3.37. The SMILES string of the molecule is CCN1CCCC1CNC(=O)Cc1cccc(-c2ccc3c(=O)c(CC(=O)NC)c(N)n(CC)c3n2)c1. The van der Waals surface area contributed by atoms with Gasteiger partial charge >= 0.3 is 0 Å². The highest BCUT2D eigenvalue weighted by atomic mass is 16.2. The number of aryl methyl sites for hydroxylation is 1. The lowest BCUT2D eigenvalue weighted by Crippen LogP contribution is -2.40. The first kappa shape index (κ1) is 26.3. The molecule has 1 aliphatic heterocycles. The summed E-state index contributed by atoms with van der Waals surface area (Å²) in [5.41, 5.74) is 9.21. The van der Waals surface area contributed by atoms with Crippen molar-refractivity contribution in [2.24, 2.45) is 0 Å². The molecule has 37 heavy (non-hydrogen) atoms. The zero-order valence-electron chi connectivity index (χ0n) is 21.8. The summed E-state index contributed by atoms with van der Waals surface area (Å²) in [7, 11) is 1.53. The summed E-state index contributed by atoms with van der Waals surface area (Å²) in [4.78, 5) is 44.9. The van der Waals surface area contributed by atoms with Gasteiger partial charge in [0.05, 0.1) is 23.9 Å². The molecule has 1 aromatic carbocycles. The molecule has 0 radical (unpaired) electrons. The number of carbonyl (C=O) groups excluding carboxylic acids is 2. The number of fused-ring (bicyclic) bond motifs is 1. The number of anilines is 1. The minimum atomic E-state index is -0.283. The van der Waals surface area contributed by atoms with Crippen molar-refractivity contribution in [3.8, 4) is 11.3 Å². The Bertz CT molecular complexity index is 1370. The van der Waals surface area contributed by atoms with Crippen molar-refractivity contribution >= 4 is 28.7 Å². The lowest BCUT2D eigenvalue weighted by atomic mass is 10.0. The van der Waals surface area contributed by atoms with Gasteiger partial charge in [0, 0.05) is 37.3 Å². The van der Waals surface area contributed by atoms with Crippen LogP contribution in [-0.4, -0.2) is 59.0 Å². The van der Waals surface area contributed by atoms with Crippen molar-refractivity contribution < 1.29 is 9.59 Å². The molecule has 1 unspecified atom stereocenters. The number of hydrogen-bond donors (Lipinski definition) is 3. The van der Waals surface area contributed by atoms with Crippen LogP contribution in [0.15, 0.2) is 41.2 Å². The van der Waals surface area contributed by atoms with Crippen molar-refractivity contribution in [3.05, 3.63) is 57.7 Å². The molecule has 0 spiro atoms. The van der Waals surface area contributed by atoms with Crippen LogP contribution >= 0.6 is 0 Å². The smallest absolute Gasteiger partial charge is 0.224 e. The topological polar surface area (TPSA) is 122 Å². The standard InChI is InChI=1S/C28H36N6O3/c1-4-33-13-7-10-20(33)17-31-25(36)15-18-8-6-9-19(14-18)23-12-11-21-26(37)22(16-24(35)30-3)27(29)34(5-2)28(21)32-23/h6,8-9,11-12,14,20H,4-5,7,10,13,15-17,29H2,1-3H3,(H,30,35)(H,31,36). The Morgan fingerprint density at radius 3 is 2.65 bits per heavy atom. The van der Waals surface area contributed by atoms with Crippen LogP contribution in [0.4, 0.5) is 5.82 Å². The fraction of sp³-hybridized carbons (Fsp3) is 0.429. The predicted octanol–water partition coefficient (Wildman–Crippen LogP) is 2.10. The van der Waals surface area contributed by atoms with Crippen LogP contribution in [0, 0.1) is 0 Å². The van der Waals surface area contributed by atoms with Crippen LogP contribution in [0.1, 0.15) is 37.8 Å². The van der Waals surface area contributed by atoms with E-state index in [2.05, 4.69) is 22.5 Å². The summed E-state index contributed by atoms with van der Waals surface area (Å²) in [6.45, 7) is 7.36. The van der Waals surface area contributed by atoms with Crippen LogP contribution in [0.5, 0.6) is 0 Å². The molecule has 9 nitrogen and oxygen atoms in total. The van der Waals surface area contributed by atoms with E-state index >= 15 is 0 Å². The van der Waals surface area contributed by atoms with E-state index in [9.17, 15) is 14.4 Å². The normalized spacial score (nSPS) is 15.7. The summed E-state index contributed by atoms with van der Waals surface area (Å²) in [5, 5.41) is 6.05. The van der Waals surface area contributed by atoms with E-state index < -0.39 is 0 Å². The highest BCUT2D eigenvalue weighted by Crippen LogP contribution is 2.24. The third kappa shape index (κ3) is 5.67. The maximum absolute atomic E-state index is 13.1. The van der Waals surface area contributed by atoms with Gasteiger partial charge in [-0.05, 0) is 56.6 Å². The number of nitrogen functional groups attached to an aromatic ring is 1. The summed E-state index contributed by atoms with van der Waals surface area (Å²) in [5.74, 6) is -0.0208. The van der Waals surface area contributed by atoms with Gasteiger partial charge in [-0.3, -0.25) is 19.3 Å². The zero-order chi connectivity index (χ0) is 26.5. The summed E-state index contributed by atoms with van der Waals surface area (Å²) in [6.07, 6.45) is 2.51. The molecule has 3 heterocycles. The summed E-state index contributed by atoms with van der Waals surface area (Å²) < 4.78 is 1.76. The monoisotopic (exact) mass is 504 g/mol. The van der Waals surface area contributed by atoms with Gasteiger partial charge in [-0.1, -0.05) is 25.1 Å². The molecule has 0 saturated carbocycles. The number of aromatic nitrogens is 2. The Morgan fingerprint density at radius 2 is 1.92 bits per heavy atom. The fourth-order valence-electron chi connectivity index (χ4n) is 5.15. The molecule has 0 bridgehead atoms. The van der Waals surface area contributed by atoms with E-state index in [0.29, 0.717) is 35.9 Å². The molecular weight excluding hydrogens is 468 g/mol. The second kappa shape index (κ2) is 11.6. The Hall–Kier alpha value is -3.72. The fourth-order valence-corrected chi connectivity index (χ4v) is 5.15. The molecule has 196 valence electrons. The van der Waals surface area contributed by atoms with Gasteiger partial charge in [0.2, 0.25) is 11.8 Å². The molecule has 1 atom stereocenters. The van der Waals surface area contributed by atoms with Gasteiger partial charge < -0.3 is 20.9 Å². The molecule has 1 saturated heterocycles. The average molecular weight is 505 g/mol. The molecule has 2 amide bonds. The Kier molecular flexibility index (Phi) is 8.23. The summed E-state index contributed by atoms with van der Waals surface area (Å²) >= 11 is 0. The zero-order valence-corrected chi connectivity index (χ0v) is 21.8. The van der Waals surface area contributed by atoms with E-state index in [-0.39, 0.29) is 41.5 Å². The molecular formula is C28H36N6O3. The van der Waals surface area contributed by atoms with Crippen LogP contribution in [-0.2, 0) is 29.0 Å². The van der Waals surface area contributed by atoms with E-state index in [1.807, 2.05) is 31.2 Å². The quantitative estimate of drug-likeness (QED) is 0.410. The highest BCUT2D eigenvalue weighted by molar-refractivity contribution is 5.85. The lowest BCUT2D eigenvalue weighted by molar-refractivity contribution is -0.121. The molecule has 2 aromatic heterocycles. The number of carbonyl (C=O) groups is 2. The molecule has 9 heteroatoms. The molecule has 0 aliphatic carbocycles. The van der Waals surface area contributed by atoms with E-state index in [0.717, 1.165) is 30.6 Å². The van der Waals surface area contributed by atoms with Crippen LogP contribution in [0.25, 0.3) is 22.3 Å². The maximum Gasteiger partial charge on any atom is 0.224 e. The number of rotatable bonds is 9. The number of amides is 2. The Balaban J connectivity index is 1.57. The number of nitrogens with one attached hydrogen (secondary N) is 2. The third-order valence-electron chi connectivity index (χ3n) is 7.21. The van der Waals surface area contributed by atoms with E-state index in [1.54, 1.807) is 16.7 Å². The minimum absolute atomic E-state index is 0.00261. The van der Waals surface area contributed by atoms with Gasteiger partial charge in [0.15, 0.2) is 5.43 Å². The molecule has 3 aromatic rings. The third-order valence-corrected chi connectivity index (χ3v) is 7.21. The van der Waals surface area contributed by atoms with Crippen LogP contribution in [0.3, 0.4) is 0 Å². The molecule has 4 rings (SSSR count). The van der Waals surface area contributed by atoms with Gasteiger partial charge in [0.25, 0.3) is 0 Å². The number of nitrogens with two attached hydrogens (primary N) is 1. The number of likely N-dealkylation sites (N-methyl/N-ethyl adjacent to an activating group) is 2. The van der Waals surface area contributed by atoms with Crippen molar-refractivity contribution in [3.63, 3.8) is 0 Å². The van der Waals surface area contributed by atoms with Gasteiger partial charge in [-0.25, -0.2) is 4.98 Å². The summed E-state index contributed by atoms with van der Waals surface area (Å²) in [6, 6.07) is 11.7. The number of benzene rings is 1. The van der Waals surface area contributed by atoms with E-state index in [1.165, 1.54) is 13.5 Å². The first-order valence-electron chi connectivity index (χ1n) is 13.0. The van der Waals surface area contributed by atoms with Gasteiger partial charge in [-0.2, -0.15) is 0 Å². The Labute approximate surface area is 217 Å². The minimum Gasteiger partial charge on any atom is -0.385 e. The Morgan fingerprint density at radius 1 is 1.11 bits per heavy atom. The van der Waals surface area contributed by atoms with Gasteiger partial charge in [-0.15, -0.1) is 0 Å². The number of likely N-dealkylation sites (tertiary alicyclic amines) is 1. The van der Waals surface area contributed by atoms with E-state index in [4.69, 9.17) is 10.7 Å². The molecule has 1 fully saturated rings. The molecule has 4 N–H and O–H groups in total. The second-order valence-corrected chi connectivity index (χ2v) is 9.46. The van der Waals surface area contributed by atoms with Crippen molar-refractivity contribution in [1.29, 1.82) is 0 Å². The first-order chi connectivity index (χ1) is 17.9. The van der Waals surface area contributed by atoms with Crippen molar-refractivity contribution in [2.75, 3.05) is 32.4 Å². The molecule has 1 aliphatic rings. The van der Waals surface area contributed by atoms with Crippen LogP contribution < -0.4 is 21.8 Å². The predicted molar refractivity (Wildman–Crippen MR) is 146 cm³/mol. The van der Waals surface area contributed by atoms with Gasteiger partial charge in [0.1, 0.15) is 11.5 Å². The number of hydrogen-bond acceptors (Lipinski definition) is 6. The maximum atomic E-state index is 13.1. The second-order valence-electron chi connectivity index (χ2n) is 9.46. The lowest BCUT2D eigenvalue weighted by Gasteiger charge is -2.22. The number of pyridine rings is 2. The number of nitrogens with zero attached hydrogens (tertiary/aromatic N) is 3. The largest absolute Gasteiger partial charge is 0.385 e. The van der Waals surface area contributed by atoms with Crippen LogP contribution in [0.2, 0.25) is 0 Å². The van der Waals surface area contributed by atoms with Crippen molar-refractivity contribution in [1.82, 2.24) is 25.1 Å².